The number of rotatable bonds is 2. The summed E-state index contributed by atoms with van der Waals surface area (Å²) in [7, 11) is 0. The second-order valence-corrected chi connectivity index (χ2v) is 4.71. The summed E-state index contributed by atoms with van der Waals surface area (Å²) in [5.41, 5.74) is -0.256. The van der Waals surface area contributed by atoms with Gasteiger partial charge in [-0.1, -0.05) is 0 Å². The van der Waals surface area contributed by atoms with Crippen LogP contribution < -0.4 is 4.74 Å². The van der Waals surface area contributed by atoms with E-state index in [-0.39, 0.29) is 11.3 Å². The largest absolute Gasteiger partial charge is 0.493 e. The van der Waals surface area contributed by atoms with Gasteiger partial charge in [-0.15, -0.1) is 0 Å². The summed E-state index contributed by atoms with van der Waals surface area (Å²) in [4.78, 5) is 14.1. The molecule has 0 saturated heterocycles. The highest BCUT2D eigenvalue weighted by Gasteiger charge is 2.50. The number of halogens is 2. The summed E-state index contributed by atoms with van der Waals surface area (Å²) < 4.78 is 33.1. The Kier molecular flexibility index (Phi) is 2.45. The van der Waals surface area contributed by atoms with Crippen LogP contribution in [0.5, 0.6) is 5.75 Å². The van der Waals surface area contributed by atoms with E-state index in [4.69, 9.17) is 4.74 Å². The van der Waals surface area contributed by atoms with Gasteiger partial charge in [0.15, 0.2) is 0 Å². The first-order valence-corrected chi connectivity index (χ1v) is 5.91. The van der Waals surface area contributed by atoms with Crippen LogP contribution >= 0.6 is 0 Å². The Balaban J connectivity index is 2.23. The number of nitrogens with zero attached hydrogens (tertiary/aromatic N) is 1. The van der Waals surface area contributed by atoms with Gasteiger partial charge < -0.3 is 4.74 Å². The summed E-state index contributed by atoms with van der Waals surface area (Å²) in [6.45, 7) is 0.434. The van der Waals surface area contributed by atoms with E-state index >= 15 is 0 Å². The quantitative estimate of drug-likeness (QED) is 0.598. The van der Waals surface area contributed by atoms with E-state index in [0.29, 0.717) is 37.9 Å². The van der Waals surface area contributed by atoms with E-state index in [0.717, 1.165) is 6.07 Å². The SMILES string of the molecule is O=C=NC1(c2c(F)cc(F)c3c2OCCC3)CC1. The Labute approximate surface area is 102 Å². The molecule has 1 saturated carbocycles. The molecule has 3 nitrogen and oxygen atoms in total. The van der Waals surface area contributed by atoms with Crippen LogP contribution in [0.15, 0.2) is 11.1 Å². The Morgan fingerprint density at radius 3 is 2.78 bits per heavy atom. The van der Waals surface area contributed by atoms with Crippen molar-refractivity contribution in [2.75, 3.05) is 6.61 Å². The fourth-order valence-corrected chi connectivity index (χ4v) is 2.51. The standard InChI is InChI=1S/C13H11F2NO2/c14-9-6-10(15)11(13(3-4-13)16-7-17)12-8(9)2-1-5-18-12/h6H,1-5H2. The minimum Gasteiger partial charge on any atom is -0.493 e. The monoisotopic (exact) mass is 251 g/mol. The molecule has 1 aromatic rings. The van der Waals surface area contributed by atoms with Crippen LogP contribution in [0, 0.1) is 11.6 Å². The van der Waals surface area contributed by atoms with Crippen molar-refractivity contribution in [3.63, 3.8) is 0 Å². The average molecular weight is 251 g/mol. The Morgan fingerprint density at radius 1 is 1.33 bits per heavy atom. The van der Waals surface area contributed by atoms with Crippen molar-refractivity contribution in [3.8, 4) is 5.75 Å². The van der Waals surface area contributed by atoms with Gasteiger partial charge in [0, 0.05) is 11.6 Å². The number of fused-ring (bicyclic) bond motifs is 1. The molecule has 0 N–H and O–H groups in total. The van der Waals surface area contributed by atoms with Gasteiger partial charge in [0.05, 0.1) is 12.2 Å². The number of carbonyl (C=O) groups excluding carboxylic acids is 1. The number of isocyanates is 1. The molecule has 1 aromatic carbocycles. The molecule has 0 spiro atoms. The molecule has 0 bridgehead atoms. The van der Waals surface area contributed by atoms with E-state index in [1.807, 2.05) is 0 Å². The maximum absolute atomic E-state index is 14.0. The highest BCUT2D eigenvalue weighted by Crippen LogP contribution is 2.54. The minimum absolute atomic E-state index is 0.224. The second kappa shape index (κ2) is 3.89. The number of aliphatic imine (C=N–C) groups is 1. The van der Waals surface area contributed by atoms with Crippen molar-refractivity contribution < 1.29 is 18.3 Å². The summed E-state index contributed by atoms with van der Waals surface area (Å²) in [6.07, 6.45) is 3.85. The number of benzene rings is 1. The van der Waals surface area contributed by atoms with Gasteiger partial charge in [0.2, 0.25) is 6.08 Å². The van der Waals surface area contributed by atoms with E-state index < -0.39 is 17.2 Å². The van der Waals surface area contributed by atoms with Gasteiger partial charge in [-0.2, -0.15) is 4.99 Å². The lowest BCUT2D eigenvalue weighted by molar-refractivity contribution is 0.275. The molecule has 2 aliphatic rings. The third-order valence-electron chi connectivity index (χ3n) is 3.55. The molecule has 0 radical (unpaired) electrons. The van der Waals surface area contributed by atoms with E-state index in [1.165, 1.54) is 6.08 Å². The van der Waals surface area contributed by atoms with Gasteiger partial charge in [0.25, 0.3) is 0 Å². The molecule has 3 rings (SSSR count). The third-order valence-corrected chi connectivity index (χ3v) is 3.55. The Hall–Kier alpha value is -1.74. The van der Waals surface area contributed by atoms with Crippen LogP contribution in [0.4, 0.5) is 8.78 Å². The molecule has 18 heavy (non-hydrogen) atoms. The summed E-state index contributed by atoms with van der Waals surface area (Å²) in [6, 6.07) is 0.864. The molecular weight excluding hydrogens is 240 g/mol. The lowest BCUT2D eigenvalue weighted by atomic mass is 9.95. The van der Waals surface area contributed by atoms with Gasteiger partial charge in [-0.3, -0.25) is 0 Å². The molecule has 0 atom stereocenters. The van der Waals surface area contributed by atoms with Crippen LogP contribution in [0.2, 0.25) is 0 Å². The maximum atomic E-state index is 14.0. The average Bonchev–Trinajstić information content (AvgIpc) is 3.10. The molecule has 0 amide bonds. The predicted molar refractivity (Wildman–Crippen MR) is 59.2 cm³/mol. The fraction of sp³-hybridized carbons (Fsp3) is 0.462. The first kappa shape index (κ1) is 11.4. The zero-order valence-corrected chi connectivity index (χ0v) is 9.63. The highest BCUT2D eigenvalue weighted by molar-refractivity contribution is 5.52. The lowest BCUT2D eigenvalue weighted by Crippen LogP contribution is -2.17. The first-order chi connectivity index (χ1) is 8.68. The van der Waals surface area contributed by atoms with Crippen LogP contribution in [0.3, 0.4) is 0 Å². The van der Waals surface area contributed by atoms with Crippen molar-refractivity contribution >= 4 is 6.08 Å². The first-order valence-electron chi connectivity index (χ1n) is 5.91. The van der Waals surface area contributed by atoms with Crippen molar-refractivity contribution in [1.29, 1.82) is 0 Å². The molecule has 1 heterocycles. The Bertz CT molecular complexity index is 561. The smallest absolute Gasteiger partial charge is 0.235 e. The van der Waals surface area contributed by atoms with Gasteiger partial charge >= 0.3 is 0 Å². The second-order valence-electron chi connectivity index (χ2n) is 4.71. The fourth-order valence-electron chi connectivity index (χ4n) is 2.51. The third kappa shape index (κ3) is 1.55. The summed E-state index contributed by atoms with van der Waals surface area (Å²) >= 11 is 0. The molecular formula is C13H11F2NO2. The lowest BCUT2D eigenvalue weighted by Gasteiger charge is -2.23. The molecule has 94 valence electrons. The zero-order chi connectivity index (χ0) is 12.8. The van der Waals surface area contributed by atoms with Crippen molar-refractivity contribution in [2.45, 2.75) is 31.2 Å². The number of hydrogen-bond acceptors (Lipinski definition) is 3. The molecule has 1 aliphatic carbocycles. The number of hydrogen-bond donors (Lipinski definition) is 0. The summed E-state index contributed by atoms with van der Waals surface area (Å²) in [5.74, 6) is -1.03. The molecule has 5 heteroatoms. The van der Waals surface area contributed by atoms with E-state index in [1.54, 1.807) is 0 Å². The molecule has 1 fully saturated rings. The van der Waals surface area contributed by atoms with Crippen LogP contribution in [-0.2, 0) is 16.8 Å². The molecule has 0 aromatic heterocycles. The van der Waals surface area contributed by atoms with E-state index in [9.17, 15) is 13.6 Å². The van der Waals surface area contributed by atoms with Crippen LogP contribution in [-0.4, -0.2) is 12.7 Å². The van der Waals surface area contributed by atoms with E-state index in [2.05, 4.69) is 4.99 Å². The van der Waals surface area contributed by atoms with Crippen molar-refractivity contribution in [3.05, 3.63) is 28.8 Å². The van der Waals surface area contributed by atoms with Gasteiger partial charge in [0.1, 0.15) is 22.9 Å². The molecule has 0 unspecified atom stereocenters. The predicted octanol–water partition coefficient (Wildman–Crippen LogP) is 2.61. The zero-order valence-electron chi connectivity index (χ0n) is 9.63. The number of ether oxygens (including phenoxy) is 1. The minimum atomic E-state index is -0.874. The highest BCUT2D eigenvalue weighted by atomic mass is 19.1. The van der Waals surface area contributed by atoms with Crippen molar-refractivity contribution in [2.24, 2.45) is 4.99 Å². The van der Waals surface area contributed by atoms with Crippen LogP contribution in [0.1, 0.15) is 30.4 Å². The van der Waals surface area contributed by atoms with Crippen molar-refractivity contribution in [1.82, 2.24) is 0 Å². The molecule has 1 aliphatic heterocycles. The van der Waals surface area contributed by atoms with Crippen LogP contribution in [0.25, 0.3) is 0 Å². The van der Waals surface area contributed by atoms with Gasteiger partial charge in [-0.05, 0) is 25.7 Å². The Morgan fingerprint density at radius 2 is 2.11 bits per heavy atom. The normalized spacial score (nSPS) is 19.4. The van der Waals surface area contributed by atoms with Gasteiger partial charge in [-0.25, -0.2) is 13.6 Å². The maximum Gasteiger partial charge on any atom is 0.235 e. The summed E-state index contributed by atoms with van der Waals surface area (Å²) in [5, 5.41) is 0. The topological polar surface area (TPSA) is 38.7 Å².